The molecule has 2 atom stereocenters. The van der Waals surface area contributed by atoms with Crippen molar-refractivity contribution in [2.24, 2.45) is 0 Å². The van der Waals surface area contributed by atoms with Gasteiger partial charge in [-0.15, -0.1) is 11.3 Å². The molecule has 3 rings (SSSR count). The maximum Gasteiger partial charge on any atom is 0.185 e. The van der Waals surface area contributed by atoms with E-state index in [2.05, 4.69) is 17.2 Å². The summed E-state index contributed by atoms with van der Waals surface area (Å²) in [5, 5.41) is 13.5. The molecule has 112 valence electrons. The molecule has 0 spiro atoms. The standard InChI is InChI=1S/C17H22N2OS/c1-13-7-5-6-10-19(13)17-18-15(12-21-17)11-16(20)14-8-3-2-4-9-14/h2-4,8-9,12-13,16,20H,5-7,10-11H2,1H3. The summed E-state index contributed by atoms with van der Waals surface area (Å²) in [7, 11) is 0. The van der Waals surface area contributed by atoms with Crippen molar-refractivity contribution in [3.8, 4) is 0 Å². The van der Waals surface area contributed by atoms with Gasteiger partial charge in [-0.3, -0.25) is 0 Å². The second-order valence-electron chi connectivity index (χ2n) is 5.79. The number of aliphatic hydroxyl groups excluding tert-OH is 1. The van der Waals surface area contributed by atoms with E-state index in [-0.39, 0.29) is 0 Å². The number of benzene rings is 1. The third-order valence-electron chi connectivity index (χ3n) is 4.18. The lowest BCUT2D eigenvalue weighted by atomic mass is 10.0. The topological polar surface area (TPSA) is 36.4 Å². The second kappa shape index (κ2) is 6.58. The minimum atomic E-state index is -0.472. The summed E-state index contributed by atoms with van der Waals surface area (Å²) >= 11 is 1.70. The Bertz CT molecular complexity index is 569. The molecule has 21 heavy (non-hydrogen) atoms. The highest BCUT2D eigenvalue weighted by atomic mass is 32.1. The fraction of sp³-hybridized carbons (Fsp3) is 0.471. The highest BCUT2D eigenvalue weighted by Crippen LogP contribution is 2.29. The number of anilines is 1. The number of hydrogen-bond donors (Lipinski definition) is 1. The molecular weight excluding hydrogens is 280 g/mol. The highest BCUT2D eigenvalue weighted by Gasteiger charge is 2.21. The van der Waals surface area contributed by atoms with Gasteiger partial charge in [0.15, 0.2) is 5.13 Å². The first-order valence-electron chi connectivity index (χ1n) is 7.68. The minimum absolute atomic E-state index is 0.472. The molecule has 4 heteroatoms. The van der Waals surface area contributed by atoms with E-state index in [0.29, 0.717) is 12.5 Å². The lowest BCUT2D eigenvalue weighted by Gasteiger charge is -2.33. The van der Waals surface area contributed by atoms with Crippen molar-refractivity contribution in [2.75, 3.05) is 11.4 Å². The second-order valence-corrected chi connectivity index (χ2v) is 6.63. The summed E-state index contributed by atoms with van der Waals surface area (Å²) in [5.41, 5.74) is 1.95. The Kier molecular flexibility index (Phi) is 4.56. The van der Waals surface area contributed by atoms with Gasteiger partial charge in [0.1, 0.15) is 0 Å². The monoisotopic (exact) mass is 302 g/mol. The first kappa shape index (κ1) is 14.5. The van der Waals surface area contributed by atoms with Crippen molar-refractivity contribution < 1.29 is 5.11 Å². The van der Waals surface area contributed by atoms with E-state index in [9.17, 15) is 5.11 Å². The summed E-state index contributed by atoms with van der Waals surface area (Å²) in [5.74, 6) is 0. The van der Waals surface area contributed by atoms with Crippen LogP contribution in [0.4, 0.5) is 5.13 Å². The molecule has 1 aliphatic heterocycles. The molecule has 0 amide bonds. The summed E-state index contributed by atoms with van der Waals surface area (Å²) < 4.78 is 0. The SMILES string of the molecule is CC1CCCCN1c1nc(CC(O)c2ccccc2)cs1. The molecule has 1 saturated heterocycles. The Morgan fingerprint density at radius 1 is 1.33 bits per heavy atom. The highest BCUT2D eigenvalue weighted by molar-refractivity contribution is 7.13. The van der Waals surface area contributed by atoms with Crippen LogP contribution in [0.2, 0.25) is 0 Å². The maximum atomic E-state index is 10.3. The minimum Gasteiger partial charge on any atom is -0.388 e. The van der Waals surface area contributed by atoms with Crippen molar-refractivity contribution in [3.05, 3.63) is 47.0 Å². The number of hydrogen-bond acceptors (Lipinski definition) is 4. The van der Waals surface area contributed by atoms with Crippen molar-refractivity contribution >= 4 is 16.5 Å². The van der Waals surface area contributed by atoms with Gasteiger partial charge >= 0.3 is 0 Å². The van der Waals surface area contributed by atoms with Gasteiger partial charge in [0.05, 0.1) is 11.8 Å². The molecule has 1 N–H and O–H groups in total. The van der Waals surface area contributed by atoms with Gasteiger partial charge in [0.25, 0.3) is 0 Å². The molecule has 2 heterocycles. The van der Waals surface area contributed by atoms with Crippen LogP contribution in [0.25, 0.3) is 0 Å². The van der Waals surface area contributed by atoms with Crippen LogP contribution in [0, 0.1) is 0 Å². The van der Waals surface area contributed by atoms with Gasteiger partial charge < -0.3 is 10.0 Å². The lowest BCUT2D eigenvalue weighted by molar-refractivity contribution is 0.177. The Balaban J connectivity index is 1.67. The Hall–Kier alpha value is -1.39. The summed E-state index contributed by atoms with van der Waals surface area (Å²) in [4.78, 5) is 7.14. The summed E-state index contributed by atoms with van der Waals surface area (Å²) in [6, 6.07) is 10.4. The Morgan fingerprint density at radius 3 is 2.90 bits per heavy atom. The zero-order chi connectivity index (χ0) is 14.7. The predicted molar refractivity (Wildman–Crippen MR) is 87.9 cm³/mol. The van der Waals surface area contributed by atoms with Crippen molar-refractivity contribution in [2.45, 2.75) is 44.8 Å². The zero-order valence-corrected chi connectivity index (χ0v) is 13.2. The fourth-order valence-electron chi connectivity index (χ4n) is 2.90. The normalized spacial score (nSPS) is 20.5. The molecule has 0 radical (unpaired) electrons. The first-order chi connectivity index (χ1) is 10.2. The third kappa shape index (κ3) is 3.44. The lowest BCUT2D eigenvalue weighted by Crippen LogP contribution is -2.37. The van der Waals surface area contributed by atoms with E-state index in [1.165, 1.54) is 19.3 Å². The Labute approximate surface area is 130 Å². The molecule has 1 aliphatic rings. The van der Waals surface area contributed by atoms with Gasteiger partial charge in [-0.2, -0.15) is 0 Å². The van der Waals surface area contributed by atoms with E-state index < -0.39 is 6.10 Å². The van der Waals surface area contributed by atoms with Gasteiger partial charge in [-0.1, -0.05) is 30.3 Å². The molecule has 3 nitrogen and oxygen atoms in total. The number of nitrogens with zero attached hydrogens (tertiary/aromatic N) is 2. The average molecular weight is 302 g/mol. The smallest absolute Gasteiger partial charge is 0.185 e. The summed E-state index contributed by atoms with van der Waals surface area (Å²) in [6.07, 6.45) is 3.94. The summed E-state index contributed by atoms with van der Waals surface area (Å²) in [6.45, 7) is 3.38. The average Bonchev–Trinajstić information content (AvgIpc) is 2.97. The van der Waals surface area contributed by atoms with Crippen LogP contribution in [0.1, 0.15) is 43.5 Å². The van der Waals surface area contributed by atoms with E-state index in [0.717, 1.165) is 22.9 Å². The molecule has 1 aromatic carbocycles. The molecule has 0 aliphatic carbocycles. The van der Waals surface area contributed by atoms with Gasteiger partial charge in [-0.25, -0.2) is 4.98 Å². The largest absolute Gasteiger partial charge is 0.388 e. The van der Waals surface area contributed by atoms with Crippen molar-refractivity contribution in [3.63, 3.8) is 0 Å². The first-order valence-corrected chi connectivity index (χ1v) is 8.56. The maximum absolute atomic E-state index is 10.3. The zero-order valence-electron chi connectivity index (χ0n) is 12.4. The molecular formula is C17H22N2OS. The van der Waals surface area contributed by atoms with Crippen molar-refractivity contribution in [1.82, 2.24) is 4.98 Å². The number of aliphatic hydroxyl groups is 1. The van der Waals surface area contributed by atoms with Crippen LogP contribution in [0.5, 0.6) is 0 Å². The Morgan fingerprint density at radius 2 is 2.14 bits per heavy atom. The van der Waals surface area contributed by atoms with Crippen LogP contribution in [0.15, 0.2) is 35.7 Å². The molecule has 2 unspecified atom stereocenters. The van der Waals surface area contributed by atoms with Crippen LogP contribution >= 0.6 is 11.3 Å². The number of rotatable bonds is 4. The van der Waals surface area contributed by atoms with E-state index in [4.69, 9.17) is 4.98 Å². The molecule has 1 aromatic heterocycles. The molecule has 1 fully saturated rings. The quantitative estimate of drug-likeness (QED) is 0.933. The fourth-order valence-corrected chi connectivity index (χ4v) is 3.86. The van der Waals surface area contributed by atoms with Gasteiger partial charge in [0.2, 0.25) is 0 Å². The number of thiazole rings is 1. The van der Waals surface area contributed by atoms with Gasteiger partial charge in [-0.05, 0) is 31.7 Å². The van der Waals surface area contributed by atoms with Crippen LogP contribution in [-0.4, -0.2) is 22.7 Å². The third-order valence-corrected chi connectivity index (χ3v) is 5.10. The van der Waals surface area contributed by atoms with Crippen LogP contribution in [0.3, 0.4) is 0 Å². The van der Waals surface area contributed by atoms with E-state index in [1.54, 1.807) is 11.3 Å². The molecule has 0 saturated carbocycles. The van der Waals surface area contributed by atoms with Crippen LogP contribution in [-0.2, 0) is 6.42 Å². The van der Waals surface area contributed by atoms with E-state index in [1.807, 2.05) is 30.3 Å². The van der Waals surface area contributed by atoms with Crippen LogP contribution < -0.4 is 4.90 Å². The van der Waals surface area contributed by atoms with Gasteiger partial charge in [0, 0.05) is 24.4 Å². The number of aromatic nitrogens is 1. The van der Waals surface area contributed by atoms with Crippen molar-refractivity contribution in [1.29, 1.82) is 0 Å². The predicted octanol–water partition coefficient (Wildman–Crippen LogP) is 3.80. The number of piperidine rings is 1. The van der Waals surface area contributed by atoms with E-state index >= 15 is 0 Å². The molecule has 2 aromatic rings. The molecule has 0 bridgehead atoms.